The van der Waals surface area contributed by atoms with Crippen LogP contribution in [0.2, 0.25) is 10.0 Å². The molecule has 186 valence electrons. The van der Waals surface area contributed by atoms with E-state index in [1.165, 1.54) is 12.4 Å². The van der Waals surface area contributed by atoms with Crippen molar-refractivity contribution >= 4 is 52.4 Å². The fraction of sp³-hybridized carbons (Fsp3) is 0.107. The minimum Gasteiger partial charge on any atom is -0.310 e. The Labute approximate surface area is 223 Å². The lowest BCUT2D eigenvalue weighted by Gasteiger charge is -2.27. The van der Waals surface area contributed by atoms with Crippen LogP contribution in [0.25, 0.3) is 0 Å². The monoisotopic (exact) mass is 532 g/mol. The number of hydrogen-bond acceptors (Lipinski definition) is 5. The quantitative estimate of drug-likeness (QED) is 0.202. The molecule has 0 aliphatic heterocycles. The Hall–Kier alpha value is -4.07. The largest absolute Gasteiger partial charge is 0.310 e. The molecule has 9 heteroatoms. The van der Waals surface area contributed by atoms with Crippen LogP contribution < -0.4 is 10.6 Å². The van der Waals surface area contributed by atoms with Crippen LogP contribution in [0.1, 0.15) is 28.3 Å². The molecule has 2 amide bonds. The number of pyridine rings is 2. The summed E-state index contributed by atoms with van der Waals surface area (Å²) < 4.78 is 0. The fourth-order valence-corrected chi connectivity index (χ4v) is 4.64. The molecule has 0 saturated heterocycles. The number of rotatable bonds is 9. The lowest BCUT2D eigenvalue weighted by Crippen LogP contribution is -2.39. The van der Waals surface area contributed by atoms with E-state index in [0.717, 1.165) is 0 Å². The maximum Gasteiger partial charge on any atom is 0.238 e. The fourth-order valence-electron chi connectivity index (χ4n) is 3.96. The Morgan fingerprint density at radius 1 is 0.676 bits per heavy atom. The van der Waals surface area contributed by atoms with Gasteiger partial charge in [-0.15, -0.1) is 0 Å². The second-order valence-corrected chi connectivity index (χ2v) is 8.94. The van der Waals surface area contributed by atoms with Crippen LogP contribution in [-0.2, 0) is 9.59 Å². The lowest BCUT2D eigenvalue weighted by molar-refractivity contribution is -0.130. The third kappa shape index (κ3) is 6.58. The summed E-state index contributed by atoms with van der Waals surface area (Å²) in [5.74, 6) is -3.52. The molecule has 0 radical (unpaired) electrons. The molecule has 2 aromatic carbocycles. The molecule has 1 unspecified atom stereocenters. The number of hydrogen-bond donors (Lipinski definition) is 2. The van der Waals surface area contributed by atoms with Gasteiger partial charge in [-0.25, -0.2) is 9.97 Å². The highest BCUT2D eigenvalue weighted by atomic mass is 35.5. The number of ketones is 1. The van der Waals surface area contributed by atoms with E-state index in [-0.39, 0.29) is 33.9 Å². The van der Waals surface area contributed by atoms with Gasteiger partial charge in [-0.1, -0.05) is 71.7 Å². The minimum absolute atomic E-state index is 0.205. The summed E-state index contributed by atoms with van der Waals surface area (Å²) in [5.41, 5.74) is 0.761. The molecule has 4 aromatic rings. The van der Waals surface area contributed by atoms with Gasteiger partial charge >= 0.3 is 0 Å². The summed E-state index contributed by atoms with van der Waals surface area (Å²) in [6, 6.07) is 23.5. The summed E-state index contributed by atoms with van der Waals surface area (Å²) in [6.07, 6.45) is 2.82. The van der Waals surface area contributed by atoms with Crippen LogP contribution >= 0.6 is 23.2 Å². The number of halogens is 2. The molecule has 0 aliphatic carbocycles. The average molecular weight is 533 g/mol. The summed E-state index contributed by atoms with van der Waals surface area (Å²) >= 11 is 13.1. The van der Waals surface area contributed by atoms with Crippen LogP contribution in [0.5, 0.6) is 0 Å². The zero-order chi connectivity index (χ0) is 26.2. The molecule has 0 fully saturated rings. The number of carbonyl (C=O) groups excluding carboxylic acids is 3. The molecule has 2 aromatic heterocycles. The van der Waals surface area contributed by atoms with Crippen molar-refractivity contribution in [3.8, 4) is 0 Å². The number of nitrogens with zero attached hydrogens (tertiary/aromatic N) is 2. The van der Waals surface area contributed by atoms with Gasteiger partial charge in [0.15, 0.2) is 5.78 Å². The zero-order valence-electron chi connectivity index (χ0n) is 19.5. The van der Waals surface area contributed by atoms with Gasteiger partial charge in [0.05, 0.1) is 0 Å². The molecule has 0 aliphatic rings. The molecule has 0 bridgehead atoms. The van der Waals surface area contributed by atoms with Crippen molar-refractivity contribution in [2.75, 3.05) is 10.6 Å². The molecule has 1 atom stereocenters. The van der Waals surface area contributed by atoms with Gasteiger partial charge in [-0.05, 0) is 42.0 Å². The topological polar surface area (TPSA) is 101 Å². The first kappa shape index (κ1) is 26.0. The van der Waals surface area contributed by atoms with Crippen molar-refractivity contribution in [2.24, 2.45) is 5.92 Å². The van der Waals surface area contributed by atoms with E-state index < -0.39 is 23.7 Å². The number of anilines is 2. The van der Waals surface area contributed by atoms with E-state index >= 15 is 0 Å². The number of benzene rings is 2. The van der Waals surface area contributed by atoms with Crippen LogP contribution in [0.15, 0.2) is 97.3 Å². The Bertz CT molecular complexity index is 1310. The number of Topliss-reactive ketones (excluding diaryl/α,β-unsaturated/α-hetero) is 1. The van der Waals surface area contributed by atoms with E-state index in [9.17, 15) is 14.4 Å². The van der Waals surface area contributed by atoms with Gasteiger partial charge in [0, 0.05) is 40.3 Å². The molecular weight excluding hydrogens is 511 g/mol. The minimum atomic E-state index is -1.41. The molecule has 2 heterocycles. The predicted octanol–water partition coefficient (Wildman–Crippen LogP) is 6.03. The van der Waals surface area contributed by atoms with Crippen molar-refractivity contribution < 1.29 is 14.4 Å². The first-order valence-electron chi connectivity index (χ1n) is 11.4. The molecular formula is C28H22Cl2N4O3. The van der Waals surface area contributed by atoms with E-state index in [1.807, 2.05) is 0 Å². The van der Waals surface area contributed by atoms with Gasteiger partial charge in [0.1, 0.15) is 17.6 Å². The maximum absolute atomic E-state index is 13.7. The summed E-state index contributed by atoms with van der Waals surface area (Å²) in [6.45, 7) is 0. The average Bonchev–Trinajstić information content (AvgIpc) is 2.90. The summed E-state index contributed by atoms with van der Waals surface area (Å²) in [7, 11) is 0. The number of carbonyl (C=O) groups is 3. The van der Waals surface area contributed by atoms with E-state index in [2.05, 4.69) is 20.6 Å². The lowest BCUT2D eigenvalue weighted by atomic mass is 9.80. The van der Waals surface area contributed by atoms with Gasteiger partial charge < -0.3 is 10.6 Å². The van der Waals surface area contributed by atoms with Gasteiger partial charge in [-0.2, -0.15) is 0 Å². The Morgan fingerprint density at radius 2 is 1.19 bits per heavy atom. The normalized spacial score (nSPS) is 11.5. The third-order valence-corrected chi connectivity index (χ3v) is 6.33. The number of aromatic nitrogens is 2. The van der Waals surface area contributed by atoms with Crippen molar-refractivity contribution in [1.29, 1.82) is 0 Å². The third-order valence-electron chi connectivity index (χ3n) is 5.67. The molecule has 7 nitrogen and oxygen atoms in total. The van der Waals surface area contributed by atoms with Gasteiger partial charge in [-0.3, -0.25) is 14.4 Å². The zero-order valence-corrected chi connectivity index (χ0v) is 21.0. The van der Waals surface area contributed by atoms with Gasteiger partial charge in [0.2, 0.25) is 11.8 Å². The van der Waals surface area contributed by atoms with E-state index in [0.29, 0.717) is 11.1 Å². The molecule has 0 spiro atoms. The van der Waals surface area contributed by atoms with Crippen LogP contribution in [-0.4, -0.2) is 27.6 Å². The molecule has 2 N–H and O–H groups in total. The highest BCUT2D eigenvalue weighted by Crippen LogP contribution is 2.40. The summed E-state index contributed by atoms with van der Waals surface area (Å²) in [5, 5.41) is 5.84. The van der Waals surface area contributed by atoms with Crippen LogP contribution in [0.3, 0.4) is 0 Å². The Kier molecular flexibility index (Phi) is 8.61. The van der Waals surface area contributed by atoms with Crippen LogP contribution in [0, 0.1) is 5.92 Å². The molecule has 37 heavy (non-hydrogen) atoms. The first-order valence-corrected chi connectivity index (χ1v) is 12.2. The van der Waals surface area contributed by atoms with Crippen molar-refractivity contribution in [3.63, 3.8) is 0 Å². The molecule has 0 saturated carbocycles. The summed E-state index contributed by atoms with van der Waals surface area (Å²) in [4.78, 5) is 48.9. The van der Waals surface area contributed by atoms with E-state index in [1.54, 1.807) is 84.9 Å². The highest BCUT2D eigenvalue weighted by molar-refractivity contribution is 6.36. The smallest absolute Gasteiger partial charge is 0.238 e. The SMILES string of the molecule is O=C(CC(c1c(Cl)cccc1Cl)C(C(=O)Nc1ccccn1)C(=O)Nc1ccccn1)c1ccccc1. The van der Waals surface area contributed by atoms with Crippen molar-refractivity contribution in [2.45, 2.75) is 12.3 Å². The van der Waals surface area contributed by atoms with Gasteiger partial charge in [0.25, 0.3) is 0 Å². The standard InChI is InChI=1S/C28H22Cl2N4O3/c29-20-11-8-12-21(30)25(20)19(17-22(35)18-9-2-1-3-10-18)26(27(36)33-23-13-4-6-15-31-23)28(37)34-24-14-5-7-16-32-24/h1-16,19,26H,17H2,(H,31,33,36)(H,32,34,37). The molecule has 4 rings (SSSR count). The second-order valence-electron chi connectivity index (χ2n) is 8.12. The number of amides is 2. The Morgan fingerprint density at radius 3 is 1.68 bits per heavy atom. The first-order chi connectivity index (χ1) is 17.9. The van der Waals surface area contributed by atoms with Crippen LogP contribution in [0.4, 0.5) is 11.6 Å². The Balaban J connectivity index is 1.79. The predicted molar refractivity (Wildman–Crippen MR) is 144 cm³/mol. The van der Waals surface area contributed by atoms with E-state index in [4.69, 9.17) is 23.2 Å². The number of nitrogens with one attached hydrogen (secondary N) is 2. The van der Waals surface area contributed by atoms with Crippen molar-refractivity contribution in [3.05, 3.63) is 118 Å². The second kappa shape index (κ2) is 12.3. The maximum atomic E-state index is 13.7. The van der Waals surface area contributed by atoms with Crippen molar-refractivity contribution in [1.82, 2.24) is 9.97 Å². The highest BCUT2D eigenvalue weighted by Gasteiger charge is 2.39.